The highest BCUT2D eigenvalue weighted by atomic mass is 19.1. The van der Waals surface area contributed by atoms with Gasteiger partial charge in [0.25, 0.3) is 0 Å². The predicted molar refractivity (Wildman–Crippen MR) is 77.3 cm³/mol. The predicted octanol–water partition coefficient (Wildman–Crippen LogP) is 3.32. The fraction of sp³-hybridized carbons (Fsp3) is 0.312. The molecule has 0 spiro atoms. The monoisotopic (exact) mass is 274 g/mol. The molecule has 1 unspecified atom stereocenters. The van der Waals surface area contributed by atoms with Gasteiger partial charge in [-0.05, 0) is 43.7 Å². The molecule has 0 aliphatic carbocycles. The molecule has 0 amide bonds. The van der Waals surface area contributed by atoms with Crippen molar-refractivity contribution in [3.8, 4) is 5.75 Å². The fourth-order valence-corrected chi connectivity index (χ4v) is 2.04. The average molecular weight is 274 g/mol. The van der Waals surface area contributed by atoms with Crippen LogP contribution in [0.25, 0.3) is 0 Å². The lowest BCUT2D eigenvalue weighted by molar-refractivity contribution is 0.414. The van der Waals surface area contributed by atoms with Crippen molar-refractivity contribution in [1.82, 2.24) is 10.3 Å². The Kier molecular flexibility index (Phi) is 4.69. The van der Waals surface area contributed by atoms with Crippen molar-refractivity contribution in [3.05, 3.63) is 59.7 Å². The van der Waals surface area contributed by atoms with E-state index in [-0.39, 0.29) is 17.9 Å². The molecule has 0 radical (unpaired) electrons. The maximum absolute atomic E-state index is 13.0. The van der Waals surface area contributed by atoms with Crippen LogP contribution in [0.2, 0.25) is 0 Å². The molecular formula is C16H19FN2O. The number of halogens is 1. The minimum atomic E-state index is -0.327. The molecule has 3 nitrogen and oxygen atoms in total. The van der Waals surface area contributed by atoms with E-state index < -0.39 is 0 Å². The Balaban J connectivity index is 2.33. The van der Waals surface area contributed by atoms with Crippen molar-refractivity contribution in [3.63, 3.8) is 0 Å². The average Bonchev–Trinajstić information content (AvgIpc) is 2.46. The molecule has 1 aromatic carbocycles. The van der Waals surface area contributed by atoms with Crippen LogP contribution in [-0.4, -0.2) is 18.1 Å². The molecule has 20 heavy (non-hydrogen) atoms. The normalized spacial score (nSPS) is 12.4. The van der Waals surface area contributed by atoms with E-state index in [0.29, 0.717) is 0 Å². The van der Waals surface area contributed by atoms with Gasteiger partial charge in [-0.3, -0.25) is 4.98 Å². The van der Waals surface area contributed by atoms with Crippen molar-refractivity contribution in [2.45, 2.75) is 25.9 Å². The van der Waals surface area contributed by atoms with Gasteiger partial charge in [-0.15, -0.1) is 0 Å². The van der Waals surface area contributed by atoms with Crippen molar-refractivity contribution >= 4 is 0 Å². The van der Waals surface area contributed by atoms with Crippen LogP contribution in [0.1, 0.15) is 31.1 Å². The number of hydrogen-bond acceptors (Lipinski definition) is 3. The summed E-state index contributed by atoms with van der Waals surface area (Å²) in [6.45, 7) is 4.14. The van der Waals surface area contributed by atoms with Crippen LogP contribution in [0.15, 0.2) is 42.6 Å². The van der Waals surface area contributed by atoms with Gasteiger partial charge in [0, 0.05) is 6.04 Å². The highest BCUT2D eigenvalue weighted by Crippen LogP contribution is 2.23. The lowest BCUT2D eigenvalue weighted by Crippen LogP contribution is -2.29. The van der Waals surface area contributed by atoms with Gasteiger partial charge in [0.1, 0.15) is 11.6 Å². The van der Waals surface area contributed by atoms with Crippen LogP contribution in [0.4, 0.5) is 4.39 Å². The van der Waals surface area contributed by atoms with Crippen LogP contribution in [0.3, 0.4) is 0 Å². The molecule has 106 valence electrons. The van der Waals surface area contributed by atoms with Gasteiger partial charge in [-0.2, -0.15) is 0 Å². The summed E-state index contributed by atoms with van der Waals surface area (Å²) in [7, 11) is 1.64. The Labute approximate surface area is 118 Å². The second-order valence-corrected chi connectivity index (χ2v) is 4.93. The van der Waals surface area contributed by atoms with E-state index >= 15 is 0 Å². The largest absolute Gasteiger partial charge is 0.497 e. The zero-order chi connectivity index (χ0) is 14.5. The number of hydrogen-bond donors (Lipinski definition) is 1. The van der Waals surface area contributed by atoms with E-state index in [4.69, 9.17) is 4.74 Å². The highest BCUT2D eigenvalue weighted by molar-refractivity contribution is 5.33. The first-order valence-electron chi connectivity index (χ1n) is 6.61. The summed E-state index contributed by atoms with van der Waals surface area (Å²) < 4.78 is 18.2. The first-order chi connectivity index (χ1) is 9.60. The molecule has 2 rings (SSSR count). The fourth-order valence-electron chi connectivity index (χ4n) is 2.04. The molecule has 0 saturated heterocycles. The van der Waals surface area contributed by atoms with Crippen LogP contribution >= 0.6 is 0 Å². The van der Waals surface area contributed by atoms with Crippen molar-refractivity contribution in [2.24, 2.45) is 0 Å². The molecule has 4 heteroatoms. The van der Waals surface area contributed by atoms with E-state index in [1.165, 1.54) is 12.3 Å². The Hall–Kier alpha value is -1.94. The molecule has 1 heterocycles. The van der Waals surface area contributed by atoms with Crippen LogP contribution in [-0.2, 0) is 0 Å². The minimum absolute atomic E-state index is 0.0680. The lowest BCUT2D eigenvalue weighted by Gasteiger charge is -2.21. The van der Waals surface area contributed by atoms with E-state index in [0.717, 1.165) is 17.0 Å². The van der Waals surface area contributed by atoms with Gasteiger partial charge in [-0.1, -0.05) is 12.1 Å². The number of rotatable bonds is 5. The number of pyridine rings is 1. The van der Waals surface area contributed by atoms with Gasteiger partial charge >= 0.3 is 0 Å². The molecule has 0 saturated carbocycles. The summed E-state index contributed by atoms with van der Waals surface area (Å²) >= 11 is 0. The third-order valence-corrected chi connectivity index (χ3v) is 3.00. The summed E-state index contributed by atoms with van der Waals surface area (Å²) in [6.07, 6.45) is 1.24. The SMILES string of the molecule is COc1ccc(C(NC(C)C)c2ccc(F)cn2)cc1. The van der Waals surface area contributed by atoms with Gasteiger partial charge in [0.2, 0.25) is 0 Å². The maximum Gasteiger partial charge on any atom is 0.141 e. The Morgan fingerprint density at radius 1 is 1.10 bits per heavy atom. The zero-order valence-corrected chi connectivity index (χ0v) is 11.9. The standard InChI is InChI=1S/C16H19FN2O/c1-11(2)19-16(15-9-6-13(17)10-18-15)12-4-7-14(20-3)8-5-12/h4-11,16,19H,1-3H3. The first kappa shape index (κ1) is 14.5. The maximum atomic E-state index is 13.0. The Morgan fingerprint density at radius 2 is 1.80 bits per heavy atom. The topological polar surface area (TPSA) is 34.1 Å². The zero-order valence-electron chi connectivity index (χ0n) is 11.9. The number of methoxy groups -OCH3 is 1. The molecular weight excluding hydrogens is 255 g/mol. The minimum Gasteiger partial charge on any atom is -0.497 e. The Morgan fingerprint density at radius 3 is 2.30 bits per heavy atom. The molecule has 0 fully saturated rings. The summed E-state index contributed by atoms with van der Waals surface area (Å²) in [6, 6.07) is 11.2. The molecule has 0 aliphatic heterocycles. The molecule has 0 aliphatic rings. The van der Waals surface area contributed by atoms with Crippen molar-refractivity contribution in [1.29, 1.82) is 0 Å². The van der Waals surface area contributed by atoms with E-state index in [2.05, 4.69) is 24.1 Å². The lowest BCUT2D eigenvalue weighted by atomic mass is 10.0. The van der Waals surface area contributed by atoms with Crippen LogP contribution < -0.4 is 10.1 Å². The number of nitrogens with one attached hydrogen (secondary N) is 1. The summed E-state index contributed by atoms with van der Waals surface area (Å²) in [5.41, 5.74) is 1.86. The third kappa shape index (κ3) is 3.54. The molecule has 2 aromatic rings. The number of aromatic nitrogens is 1. The number of benzene rings is 1. The number of nitrogens with zero attached hydrogens (tertiary/aromatic N) is 1. The van der Waals surface area contributed by atoms with Gasteiger partial charge in [0.15, 0.2) is 0 Å². The molecule has 0 bridgehead atoms. The van der Waals surface area contributed by atoms with Crippen LogP contribution in [0.5, 0.6) is 5.75 Å². The number of ether oxygens (including phenoxy) is 1. The van der Waals surface area contributed by atoms with Crippen molar-refractivity contribution < 1.29 is 9.13 Å². The molecule has 1 aromatic heterocycles. The summed E-state index contributed by atoms with van der Waals surface area (Å²) in [5, 5.41) is 3.44. The second kappa shape index (κ2) is 6.48. The quantitative estimate of drug-likeness (QED) is 0.908. The molecule has 1 atom stereocenters. The van der Waals surface area contributed by atoms with Crippen molar-refractivity contribution in [2.75, 3.05) is 7.11 Å². The van der Waals surface area contributed by atoms with Gasteiger partial charge < -0.3 is 10.1 Å². The van der Waals surface area contributed by atoms with Gasteiger partial charge in [0.05, 0.1) is 25.0 Å². The smallest absolute Gasteiger partial charge is 0.141 e. The van der Waals surface area contributed by atoms with E-state index in [1.54, 1.807) is 13.2 Å². The Bertz CT molecular complexity index is 537. The second-order valence-electron chi connectivity index (χ2n) is 4.93. The van der Waals surface area contributed by atoms with E-state index in [1.807, 2.05) is 24.3 Å². The summed E-state index contributed by atoms with van der Waals surface area (Å²) in [5.74, 6) is 0.482. The molecule has 1 N–H and O–H groups in total. The first-order valence-corrected chi connectivity index (χ1v) is 6.61. The highest BCUT2D eigenvalue weighted by Gasteiger charge is 2.16. The third-order valence-electron chi connectivity index (χ3n) is 3.00. The van der Waals surface area contributed by atoms with E-state index in [9.17, 15) is 4.39 Å². The van der Waals surface area contributed by atoms with Crippen LogP contribution in [0, 0.1) is 5.82 Å². The van der Waals surface area contributed by atoms with Gasteiger partial charge in [-0.25, -0.2) is 4.39 Å². The summed E-state index contributed by atoms with van der Waals surface area (Å²) in [4.78, 5) is 4.18.